The van der Waals surface area contributed by atoms with Gasteiger partial charge < -0.3 is 14.8 Å². The number of rotatable bonds is 9. The van der Waals surface area contributed by atoms with Gasteiger partial charge in [0.2, 0.25) is 5.91 Å². The first kappa shape index (κ1) is 20.9. The Hall–Kier alpha value is -2.38. The van der Waals surface area contributed by atoms with Gasteiger partial charge in [-0.15, -0.1) is 11.3 Å². The number of anilines is 1. The molecule has 1 aromatic carbocycles. The third-order valence-corrected chi connectivity index (χ3v) is 5.14. The molecule has 0 spiro atoms. The van der Waals surface area contributed by atoms with Crippen LogP contribution in [0.2, 0.25) is 0 Å². The lowest BCUT2D eigenvalue weighted by atomic mass is 10.1. The van der Waals surface area contributed by atoms with Crippen LogP contribution in [-0.4, -0.2) is 50.1 Å². The number of hydrogen-bond acceptors (Lipinski definition) is 6. The Kier molecular flexibility index (Phi) is 7.82. The smallest absolute Gasteiger partial charge is 0.341 e. The molecule has 2 rings (SSSR count). The zero-order valence-electron chi connectivity index (χ0n) is 16.2. The fraction of sp³-hybridized carbons (Fsp3) is 0.400. The average molecular weight is 391 g/mol. The van der Waals surface area contributed by atoms with Crippen molar-refractivity contribution in [2.24, 2.45) is 0 Å². The van der Waals surface area contributed by atoms with Crippen molar-refractivity contribution >= 4 is 28.2 Å². The minimum absolute atomic E-state index is 0.177. The molecule has 7 heteroatoms. The predicted octanol–water partition coefficient (Wildman–Crippen LogP) is 3.49. The monoisotopic (exact) mass is 390 g/mol. The third-order valence-electron chi connectivity index (χ3n) is 4.02. The number of aryl methyl sites for hydroxylation is 1. The van der Waals surface area contributed by atoms with Crippen molar-refractivity contribution in [3.63, 3.8) is 0 Å². The van der Waals surface area contributed by atoms with Crippen molar-refractivity contribution in [2.75, 3.05) is 38.7 Å². The largest absolute Gasteiger partial charge is 0.492 e. The number of benzene rings is 1. The molecule has 1 N–H and O–H groups in total. The lowest BCUT2D eigenvalue weighted by Gasteiger charge is -2.16. The third kappa shape index (κ3) is 6.08. The number of likely N-dealkylation sites (N-methyl/N-ethyl adjacent to an activating group) is 1. The number of esters is 1. The van der Waals surface area contributed by atoms with Crippen LogP contribution in [0, 0.1) is 13.8 Å². The molecule has 27 heavy (non-hydrogen) atoms. The fourth-order valence-electron chi connectivity index (χ4n) is 2.49. The number of carbonyl (C=O) groups excluding carboxylic acids is 2. The van der Waals surface area contributed by atoms with Gasteiger partial charge in [-0.1, -0.05) is 18.2 Å². The Morgan fingerprint density at radius 3 is 2.56 bits per heavy atom. The van der Waals surface area contributed by atoms with Crippen molar-refractivity contribution in [1.82, 2.24) is 4.90 Å². The van der Waals surface area contributed by atoms with Gasteiger partial charge in [-0.25, -0.2) is 4.79 Å². The molecule has 0 atom stereocenters. The standard InChI is InChI=1S/C20H26N2O4S/c1-5-25-20(24)18-14(2)15(3)27-19(18)21-17(23)13-22(4)11-12-26-16-9-7-6-8-10-16/h6-10H,5,11-13H2,1-4H3,(H,21,23). The molecule has 0 fully saturated rings. The van der Waals surface area contributed by atoms with Crippen LogP contribution in [0.5, 0.6) is 5.75 Å². The van der Waals surface area contributed by atoms with Gasteiger partial charge in [-0.05, 0) is 45.5 Å². The number of carbonyl (C=O) groups is 2. The second-order valence-electron chi connectivity index (χ2n) is 6.16. The van der Waals surface area contributed by atoms with Gasteiger partial charge in [0.15, 0.2) is 0 Å². The summed E-state index contributed by atoms with van der Waals surface area (Å²) in [5.74, 6) is 0.224. The Bertz CT molecular complexity index is 774. The van der Waals surface area contributed by atoms with E-state index < -0.39 is 5.97 Å². The van der Waals surface area contributed by atoms with Gasteiger partial charge in [0, 0.05) is 11.4 Å². The van der Waals surface area contributed by atoms with E-state index in [-0.39, 0.29) is 12.5 Å². The molecule has 0 aliphatic rings. The summed E-state index contributed by atoms with van der Waals surface area (Å²) in [5, 5.41) is 3.39. The molecule has 0 unspecified atom stereocenters. The van der Waals surface area contributed by atoms with Gasteiger partial charge in [-0.3, -0.25) is 9.69 Å². The van der Waals surface area contributed by atoms with Crippen LogP contribution >= 0.6 is 11.3 Å². The Balaban J connectivity index is 1.88. The van der Waals surface area contributed by atoms with E-state index in [1.54, 1.807) is 6.92 Å². The van der Waals surface area contributed by atoms with E-state index in [1.807, 2.05) is 56.1 Å². The van der Waals surface area contributed by atoms with Crippen molar-refractivity contribution < 1.29 is 19.1 Å². The molecule has 6 nitrogen and oxygen atoms in total. The zero-order chi connectivity index (χ0) is 19.8. The zero-order valence-corrected chi connectivity index (χ0v) is 17.0. The van der Waals surface area contributed by atoms with Gasteiger partial charge >= 0.3 is 5.97 Å². The first-order valence-electron chi connectivity index (χ1n) is 8.85. The van der Waals surface area contributed by atoms with Crippen LogP contribution in [0.4, 0.5) is 5.00 Å². The molecular weight excluding hydrogens is 364 g/mol. The summed E-state index contributed by atoms with van der Waals surface area (Å²) in [7, 11) is 1.85. The Morgan fingerprint density at radius 2 is 1.89 bits per heavy atom. The van der Waals surface area contributed by atoms with Crippen LogP contribution in [0.3, 0.4) is 0 Å². The van der Waals surface area contributed by atoms with Crippen molar-refractivity contribution in [2.45, 2.75) is 20.8 Å². The van der Waals surface area contributed by atoms with E-state index in [2.05, 4.69) is 5.32 Å². The second kappa shape index (κ2) is 10.1. The number of nitrogens with one attached hydrogen (secondary N) is 1. The van der Waals surface area contributed by atoms with E-state index in [0.29, 0.717) is 30.3 Å². The topological polar surface area (TPSA) is 67.9 Å². The Labute approximate surface area is 164 Å². The van der Waals surface area contributed by atoms with E-state index in [0.717, 1.165) is 16.2 Å². The lowest BCUT2D eigenvalue weighted by molar-refractivity contribution is -0.117. The molecule has 0 bridgehead atoms. The number of amides is 1. The highest BCUT2D eigenvalue weighted by Gasteiger charge is 2.22. The van der Waals surface area contributed by atoms with E-state index in [1.165, 1.54) is 11.3 Å². The summed E-state index contributed by atoms with van der Waals surface area (Å²) in [5.41, 5.74) is 1.29. The molecule has 0 saturated heterocycles. The van der Waals surface area contributed by atoms with E-state index in [4.69, 9.17) is 9.47 Å². The quantitative estimate of drug-likeness (QED) is 0.664. The van der Waals surface area contributed by atoms with Crippen LogP contribution in [0.15, 0.2) is 30.3 Å². The van der Waals surface area contributed by atoms with Crippen LogP contribution in [-0.2, 0) is 9.53 Å². The summed E-state index contributed by atoms with van der Waals surface area (Å²) in [6.07, 6.45) is 0. The first-order chi connectivity index (χ1) is 12.9. The predicted molar refractivity (Wildman–Crippen MR) is 108 cm³/mol. The van der Waals surface area contributed by atoms with Crippen molar-refractivity contribution in [3.05, 3.63) is 46.3 Å². The number of para-hydroxylation sites is 1. The van der Waals surface area contributed by atoms with E-state index >= 15 is 0 Å². The van der Waals surface area contributed by atoms with Crippen LogP contribution in [0.1, 0.15) is 27.7 Å². The molecule has 2 aromatic rings. The van der Waals surface area contributed by atoms with Crippen LogP contribution in [0.25, 0.3) is 0 Å². The molecule has 0 aliphatic heterocycles. The normalized spacial score (nSPS) is 10.7. The maximum atomic E-state index is 12.4. The highest BCUT2D eigenvalue weighted by molar-refractivity contribution is 7.16. The summed E-state index contributed by atoms with van der Waals surface area (Å²) in [4.78, 5) is 27.4. The number of thiophene rings is 1. The molecule has 0 saturated carbocycles. The highest BCUT2D eigenvalue weighted by Crippen LogP contribution is 2.33. The minimum Gasteiger partial charge on any atom is -0.492 e. The van der Waals surface area contributed by atoms with Gasteiger partial charge in [0.25, 0.3) is 0 Å². The molecular formula is C20H26N2O4S. The van der Waals surface area contributed by atoms with Crippen molar-refractivity contribution in [3.8, 4) is 5.75 Å². The van der Waals surface area contributed by atoms with Gasteiger partial charge in [-0.2, -0.15) is 0 Å². The summed E-state index contributed by atoms with van der Waals surface area (Å²) in [6.45, 7) is 7.14. The molecule has 0 radical (unpaired) electrons. The summed E-state index contributed by atoms with van der Waals surface area (Å²) < 4.78 is 10.8. The van der Waals surface area contributed by atoms with Gasteiger partial charge in [0.05, 0.1) is 18.7 Å². The summed E-state index contributed by atoms with van der Waals surface area (Å²) in [6, 6.07) is 9.55. The molecule has 1 aromatic heterocycles. The maximum absolute atomic E-state index is 12.4. The Morgan fingerprint density at radius 1 is 1.19 bits per heavy atom. The SMILES string of the molecule is CCOC(=O)c1c(NC(=O)CN(C)CCOc2ccccc2)sc(C)c1C. The molecule has 1 heterocycles. The molecule has 1 amide bonds. The number of ether oxygens (including phenoxy) is 2. The average Bonchev–Trinajstić information content (AvgIpc) is 2.89. The fourth-order valence-corrected chi connectivity index (χ4v) is 3.56. The molecule has 0 aliphatic carbocycles. The second-order valence-corrected chi connectivity index (χ2v) is 7.38. The van der Waals surface area contributed by atoms with Gasteiger partial charge in [0.1, 0.15) is 17.4 Å². The lowest BCUT2D eigenvalue weighted by Crippen LogP contribution is -2.33. The molecule has 146 valence electrons. The van der Waals surface area contributed by atoms with E-state index in [9.17, 15) is 9.59 Å². The number of nitrogens with zero attached hydrogens (tertiary/aromatic N) is 1. The van der Waals surface area contributed by atoms with Crippen LogP contribution < -0.4 is 10.1 Å². The first-order valence-corrected chi connectivity index (χ1v) is 9.67. The maximum Gasteiger partial charge on any atom is 0.341 e. The summed E-state index contributed by atoms with van der Waals surface area (Å²) >= 11 is 1.39. The number of hydrogen-bond donors (Lipinski definition) is 1. The highest BCUT2D eigenvalue weighted by atomic mass is 32.1. The minimum atomic E-state index is -0.403. The van der Waals surface area contributed by atoms with Crippen molar-refractivity contribution in [1.29, 1.82) is 0 Å².